The molecule has 3 atom stereocenters. The topological polar surface area (TPSA) is 29.3 Å². The van der Waals surface area contributed by atoms with E-state index in [4.69, 9.17) is 5.73 Å². The van der Waals surface area contributed by atoms with Gasteiger partial charge in [0.1, 0.15) is 0 Å². The van der Waals surface area contributed by atoms with Crippen LogP contribution in [-0.2, 0) is 0 Å². The summed E-state index contributed by atoms with van der Waals surface area (Å²) in [6.07, 6.45) is 8.21. The lowest BCUT2D eigenvalue weighted by Gasteiger charge is -2.40. The summed E-state index contributed by atoms with van der Waals surface area (Å²) in [6.45, 7) is 3.13. The third-order valence-electron chi connectivity index (χ3n) is 5.65. The van der Waals surface area contributed by atoms with Crippen molar-refractivity contribution in [1.82, 2.24) is 4.90 Å². The second kappa shape index (κ2) is 6.50. The van der Waals surface area contributed by atoms with Gasteiger partial charge < -0.3 is 5.73 Å². The van der Waals surface area contributed by atoms with E-state index >= 15 is 0 Å². The highest BCUT2D eigenvalue weighted by Gasteiger charge is 2.30. The molecule has 0 amide bonds. The standard InChI is InChI=1S/C19H30N2/c1-14-6-3-4-9-18(14)21(2)19(13-20)17-8-5-7-16(12-17)15-10-11-15/h5,7-8,12,14-15,18-19H,3-4,6,9-11,13,20H2,1-2H3. The first-order valence-corrected chi connectivity index (χ1v) is 8.72. The lowest BCUT2D eigenvalue weighted by atomic mass is 9.84. The molecule has 0 saturated heterocycles. The zero-order chi connectivity index (χ0) is 14.8. The molecule has 2 N–H and O–H groups in total. The van der Waals surface area contributed by atoms with Crippen LogP contribution < -0.4 is 5.73 Å². The highest BCUT2D eigenvalue weighted by molar-refractivity contribution is 5.31. The van der Waals surface area contributed by atoms with Gasteiger partial charge in [-0.25, -0.2) is 0 Å². The zero-order valence-electron chi connectivity index (χ0n) is 13.6. The highest BCUT2D eigenvalue weighted by atomic mass is 15.2. The van der Waals surface area contributed by atoms with E-state index in [0.717, 1.165) is 11.8 Å². The van der Waals surface area contributed by atoms with Gasteiger partial charge in [-0.05, 0) is 55.7 Å². The SMILES string of the molecule is CC1CCCCC1N(C)C(CN)c1cccc(C2CC2)c1. The summed E-state index contributed by atoms with van der Waals surface area (Å²) in [5.41, 5.74) is 9.10. The van der Waals surface area contributed by atoms with Crippen LogP contribution in [0, 0.1) is 5.92 Å². The minimum absolute atomic E-state index is 0.370. The molecule has 21 heavy (non-hydrogen) atoms. The molecule has 2 saturated carbocycles. The van der Waals surface area contributed by atoms with Gasteiger partial charge in [0.2, 0.25) is 0 Å². The third kappa shape index (κ3) is 3.32. The zero-order valence-corrected chi connectivity index (χ0v) is 13.6. The first-order valence-electron chi connectivity index (χ1n) is 8.72. The Morgan fingerprint density at radius 2 is 1.95 bits per heavy atom. The van der Waals surface area contributed by atoms with Crippen LogP contribution in [0.1, 0.15) is 68.5 Å². The number of nitrogens with zero attached hydrogens (tertiary/aromatic N) is 1. The van der Waals surface area contributed by atoms with Gasteiger partial charge in [-0.2, -0.15) is 0 Å². The molecule has 1 aromatic carbocycles. The maximum Gasteiger partial charge on any atom is 0.0470 e. The fraction of sp³-hybridized carbons (Fsp3) is 0.684. The molecule has 0 aliphatic heterocycles. The van der Waals surface area contributed by atoms with Crippen LogP contribution in [-0.4, -0.2) is 24.5 Å². The van der Waals surface area contributed by atoms with Crippen molar-refractivity contribution in [2.75, 3.05) is 13.6 Å². The van der Waals surface area contributed by atoms with Crippen molar-refractivity contribution in [1.29, 1.82) is 0 Å². The van der Waals surface area contributed by atoms with Crippen LogP contribution in [0.3, 0.4) is 0 Å². The summed E-state index contributed by atoms with van der Waals surface area (Å²) in [6, 6.07) is 10.3. The average Bonchev–Trinajstić information content (AvgIpc) is 3.33. The molecule has 2 aliphatic rings. The molecule has 1 aromatic rings. The van der Waals surface area contributed by atoms with Gasteiger partial charge in [0.15, 0.2) is 0 Å². The molecule has 0 aromatic heterocycles. The Morgan fingerprint density at radius 1 is 1.19 bits per heavy atom. The van der Waals surface area contributed by atoms with Crippen LogP contribution in [0.15, 0.2) is 24.3 Å². The highest BCUT2D eigenvalue weighted by Crippen LogP contribution is 2.41. The van der Waals surface area contributed by atoms with Gasteiger partial charge in [0, 0.05) is 18.6 Å². The van der Waals surface area contributed by atoms with Crippen LogP contribution in [0.25, 0.3) is 0 Å². The van der Waals surface area contributed by atoms with Gasteiger partial charge in [-0.1, -0.05) is 44.0 Å². The summed E-state index contributed by atoms with van der Waals surface area (Å²) in [5, 5.41) is 0. The maximum atomic E-state index is 6.16. The molecule has 116 valence electrons. The summed E-state index contributed by atoms with van der Waals surface area (Å²) in [4.78, 5) is 2.57. The Kier molecular flexibility index (Phi) is 4.66. The molecule has 2 heteroatoms. The lowest BCUT2D eigenvalue weighted by Crippen LogP contribution is -2.43. The Bertz CT molecular complexity index is 466. The summed E-state index contributed by atoms with van der Waals surface area (Å²) < 4.78 is 0. The summed E-state index contributed by atoms with van der Waals surface area (Å²) in [7, 11) is 2.29. The summed E-state index contributed by atoms with van der Waals surface area (Å²) >= 11 is 0. The second-order valence-electron chi connectivity index (χ2n) is 7.19. The van der Waals surface area contributed by atoms with E-state index in [0.29, 0.717) is 18.6 Å². The smallest absolute Gasteiger partial charge is 0.0470 e. The number of likely N-dealkylation sites (N-methyl/N-ethyl adjacent to an activating group) is 1. The Labute approximate surface area is 129 Å². The van der Waals surface area contributed by atoms with E-state index < -0.39 is 0 Å². The van der Waals surface area contributed by atoms with E-state index in [9.17, 15) is 0 Å². The van der Waals surface area contributed by atoms with Gasteiger partial charge in [-0.3, -0.25) is 4.90 Å². The molecule has 0 bridgehead atoms. The molecule has 0 heterocycles. The third-order valence-corrected chi connectivity index (χ3v) is 5.65. The quantitative estimate of drug-likeness (QED) is 0.884. The second-order valence-corrected chi connectivity index (χ2v) is 7.19. The molecular formula is C19H30N2. The monoisotopic (exact) mass is 286 g/mol. The number of hydrogen-bond donors (Lipinski definition) is 1. The Morgan fingerprint density at radius 3 is 2.62 bits per heavy atom. The lowest BCUT2D eigenvalue weighted by molar-refractivity contribution is 0.0992. The molecule has 3 rings (SSSR count). The van der Waals surface area contributed by atoms with E-state index in [-0.39, 0.29) is 0 Å². The van der Waals surface area contributed by atoms with E-state index in [1.165, 1.54) is 49.7 Å². The molecule has 2 nitrogen and oxygen atoms in total. The van der Waals surface area contributed by atoms with Gasteiger partial charge in [0.25, 0.3) is 0 Å². The largest absolute Gasteiger partial charge is 0.329 e. The van der Waals surface area contributed by atoms with Gasteiger partial charge >= 0.3 is 0 Å². The van der Waals surface area contributed by atoms with Gasteiger partial charge in [0.05, 0.1) is 0 Å². The van der Waals surface area contributed by atoms with Crippen LogP contribution in [0.5, 0.6) is 0 Å². The van der Waals surface area contributed by atoms with Crippen LogP contribution in [0.2, 0.25) is 0 Å². The van der Waals surface area contributed by atoms with Gasteiger partial charge in [-0.15, -0.1) is 0 Å². The fourth-order valence-corrected chi connectivity index (χ4v) is 4.11. The number of hydrogen-bond acceptors (Lipinski definition) is 2. The van der Waals surface area contributed by atoms with E-state index in [1.54, 1.807) is 0 Å². The molecule has 3 unspecified atom stereocenters. The predicted octanol–water partition coefficient (Wildman–Crippen LogP) is 4.07. The Hall–Kier alpha value is -0.860. The fourth-order valence-electron chi connectivity index (χ4n) is 4.11. The van der Waals surface area contributed by atoms with Crippen molar-refractivity contribution in [3.05, 3.63) is 35.4 Å². The van der Waals surface area contributed by atoms with Crippen molar-refractivity contribution in [3.8, 4) is 0 Å². The molecule has 2 fully saturated rings. The first-order chi connectivity index (χ1) is 10.2. The summed E-state index contributed by atoms with van der Waals surface area (Å²) in [5.74, 6) is 1.62. The van der Waals surface area contributed by atoms with Crippen molar-refractivity contribution >= 4 is 0 Å². The van der Waals surface area contributed by atoms with Crippen molar-refractivity contribution < 1.29 is 0 Å². The molecular weight excluding hydrogens is 256 g/mol. The molecule has 0 spiro atoms. The molecule has 0 radical (unpaired) electrons. The van der Waals surface area contributed by atoms with E-state index in [2.05, 4.69) is 43.1 Å². The first kappa shape index (κ1) is 15.1. The van der Waals surface area contributed by atoms with E-state index in [1.807, 2.05) is 0 Å². The average molecular weight is 286 g/mol. The molecule has 2 aliphatic carbocycles. The maximum absolute atomic E-state index is 6.16. The Balaban J connectivity index is 1.78. The minimum Gasteiger partial charge on any atom is -0.329 e. The van der Waals surface area contributed by atoms with Crippen molar-refractivity contribution in [2.45, 2.75) is 63.5 Å². The minimum atomic E-state index is 0.370. The number of rotatable bonds is 5. The van der Waals surface area contributed by atoms with Crippen LogP contribution >= 0.6 is 0 Å². The van der Waals surface area contributed by atoms with Crippen molar-refractivity contribution in [2.24, 2.45) is 11.7 Å². The predicted molar refractivity (Wildman–Crippen MR) is 89.4 cm³/mol. The van der Waals surface area contributed by atoms with Crippen molar-refractivity contribution in [3.63, 3.8) is 0 Å². The van der Waals surface area contributed by atoms with Crippen LogP contribution in [0.4, 0.5) is 0 Å². The normalized spacial score (nSPS) is 27.8. The number of nitrogens with two attached hydrogens (primary N) is 1. The number of benzene rings is 1.